The van der Waals surface area contributed by atoms with Crippen LogP contribution in [-0.2, 0) is 0 Å². The summed E-state index contributed by atoms with van der Waals surface area (Å²) in [5.41, 5.74) is 4.53. The van der Waals surface area contributed by atoms with E-state index in [0.717, 1.165) is 6.20 Å². The molecule has 0 spiro atoms. The molecule has 2 nitrogen and oxygen atoms in total. The fourth-order valence-electron chi connectivity index (χ4n) is 0.265. The Morgan fingerprint density at radius 3 is 2.25 bits per heavy atom. The van der Waals surface area contributed by atoms with E-state index in [2.05, 4.69) is 5.32 Å². The first-order valence-corrected chi connectivity index (χ1v) is 2.10. The van der Waals surface area contributed by atoms with Crippen molar-refractivity contribution >= 4 is 0 Å². The molecule has 0 aromatic heterocycles. The van der Waals surface area contributed by atoms with Crippen molar-refractivity contribution in [1.29, 1.82) is 0 Å². The lowest BCUT2D eigenvalue weighted by Gasteiger charge is -2.00. The van der Waals surface area contributed by atoms with E-state index >= 15 is 0 Å². The number of halogens is 2. The zero-order valence-corrected chi connectivity index (χ0v) is 4.49. The number of allylic oxidation sites excluding steroid dienone is 1. The van der Waals surface area contributed by atoms with Crippen molar-refractivity contribution in [2.24, 2.45) is 5.73 Å². The van der Waals surface area contributed by atoms with Crippen molar-refractivity contribution in [1.82, 2.24) is 5.32 Å². The Kier molecular flexibility index (Phi) is 2.91. The molecule has 0 atom stereocenters. The molecule has 0 aromatic rings. The topological polar surface area (TPSA) is 38.0 Å². The second kappa shape index (κ2) is 3.23. The third-order valence-corrected chi connectivity index (χ3v) is 0.703. The maximum absolute atomic E-state index is 11.5. The van der Waals surface area contributed by atoms with Crippen LogP contribution in [0, 0.1) is 0 Å². The van der Waals surface area contributed by atoms with E-state index in [1.54, 1.807) is 0 Å². The molecule has 0 radical (unpaired) electrons. The van der Waals surface area contributed by atoms with Crippen molar-refractivity contribution in [2.45, 2.75) is 6.43 Å². The van der Waals surface area contributed by atoms with E-state index < -0.39 is 6.43 Å². The Labute approximate surface area is 46.4 Å². The standard InChI is InChI=1S/C4H8F2N2/c1-8-3(2-7)4(5)6/h2,4,8H,7H2,1H3/b3-2-. The van der Waals surface area contributed by atoms with E-state index in [4.69, 9.17) is 5.73 Å². The summed E-state index contributed by atoms with van der Waals surface area (Å²) in [4.78, 5) is 0. The van der Waals surface area contributed by atoms with Gasteiger partial charge < -0.3 is 11.1 Å². The Balaban J connectivity index is 3.72. The highest BCUT2D eigenvalue weighted by Gasteiger charge is 2.05. The molecular weight excluding hydrogens is 114 g/mol. The van der Waals surface area contributed by atoms with Gasteiger partial charge in [0.2, 0.25) is 0 Å². The fraction of sp³-hybridized carbons (Fsp3) is 0.500. The van der Waals surface area contributed by atoms with Gasteiger partial charge in [-0.25, -0.2) is 8.78 Å². The van der Waals surface area contributed by atoms with Gasteiger partial charge in [-0.1, -0.05) is 0 Å². The molecule has 0 aliphatic carbocycles. The quantitative estimate of drug-likeness (QED) is 0.551. The number of nitrogens with one attached hydrogen (secondary N) is 1. The molecule has 0 amide bonds. The minimum Gasteiger partial charge on any atom is -0.403 e. The second-order valence-corrected chi connectivity index (χ2v) is 1.17. The molecule has 0 aromatic carbocycles. The SMILES string of the molecule is CN/C(=C\N)C(F)F. The third-order valence-electron chi connectivity index (χ3n) is 0.703. The van der Waals surface area contributed by atoms with Gasteiger partial charge in [0.1, 0.15) is 0 Å². The monoisotopic (exact) mass is 122 g/mol. The zero-order valence-electron chi connectivity index (χ0n) is 4.49. The van der Waals surface area contributed by atoms with Gasteiger partial charge in [-0.3, -0.25) is 0 Å². The predicted octanol–water partition coefficient (Wildman–Crippen LogP) is 0.271. The van der Waals surface area contributed by atoms with E-state index in [0.29, 0.717) is 0 Å². The van der Waals surface area contributed by atoms with Crippen molar-refractivity contribution in [2.75, 3.05) is 7.05 Å². The van der Waals surface area contributed by atoms with Crippen molar-refractivity contribution in [3.8, 4) is 0 Å². The maximum atomic E-state index is 11.5. The highest BCUT2D eigenvalue weighted by atomic mass is 19.3. The van der Waals surface area contributed by atoms with Crippen LogP contribution >= 0.6 is 0 Å². The van der Waals surface area contributed by atoms with Crippen molar-refractivity contribution in [3.63, 3.8) is 0 Å². The number of hydrogen-bond donors (Lipinski definition) is 2. The Bertz CT molecular complexity index is 90.0. The van der Waals surface area contributed by atoms with Gasteiger partial charge in [-0.15, -0.1) is 0 Å². The second-order valence-electron chi connectivity index (χ2n) is 1.17. The van der Waals surface area contributed by atoms with E-state index in [1.165, 1.54) is 7.05 Å². The Morgan fingerprint density at radius 2 is 2.25 bits per heavy atom. The molecule has 0 saturated carbocycles. The number of nitrogens with two attached hydrogens (primary N) is 1. The first-order valence-electron chi connectivity index (χ1n) is 2.10. The summed E-state index contributed by atoms with van der Waals surface area (Å²) in [6, 6.07) is 0. The number of alkyl halides is 2. The molecule has 0 fully saturated rings. The van der Waals surface area contributed by atoms with Gasteiger partial charge in [0.05, 0.1) is 5.70 Å². The molecule has 0 saturated heterocycles. The third kappa shape index (κ3) is 1.77. The summed E-state index contributed by atoms with van der Waals surface area (Å²) in [5.74, 6) is 0. The smallest absolute Gasteiger partial charge is 0.279 e. The van der Waals surface area contributed by atoms with Gasteiger partial charge in [0.15, 0.2) is 0 Å². The van der Waals surface area contributed by atoms with Crippen molar-refractivity contribution < 1.29 is 8.78 Å². The highest BCUT2D eigenvalue weighted by Crippen LogP contribution is 2.00. The summed E-state index contributed by atoms with van der Waals surface area (Å²) >= 11 is 0. The van der Waals surface area contributed by atoms with E-state index in [9.17, 15) is 8.78 Å². The first kappa shape index (κ1) is 7.20. The minimum atomic E-state index is -2.50. The normalized spacial score (nSPS) is 12.2. The lowest BCUT2D eigenvalue weighted by molar-refractivity contribution is 0.181. The van der Waals surface area contributed by atoms with Gasteiger partial charge in [0, 0.05) is 13.2 Å². The maximum Gasteiger partial charge on any atom is 0.279 e. The van der Waals surface area contributed by atoms with Gasteiger partial charge in [0.25, 0.3) is 6.43 Å². The van der Waals surface area contributed by atoms with Gasteiger partial charge in [-0.2, -0.15) is 0 Å². The number of hydrogen-bond acceptors (Lipinski definition) is 2. The predicted molar refractivity (Wildman–Crippen MR) is 27.3 cm³/mol. The Morgan fingerprint density at radius 1 is 1.75 bits per heavy atom. The molecule has 0 rings (SSSR count). The largest absolute Gasteiger partial charge is 0.403 e. The van der Waals surface area contributed by atoms with Crippen LogP contribution in [0.25, 0.3) is 0 Å². The zero-order chi connectivity index (χ0) is 6.57. The average Bonchev–Trinajstić information content (AvgIpc) is 1.69. The first-order chi connectivity index (χ1) is 3.72. The molecule has 48 valence electrons. The molecule has 3 N–H and O–H groups in total. The fourth-order valence-corrected chi connectivity index (χ4v) is 0.265. The molecule has 0 heterocycles. The molecule has 8 heavy (non-hydrogen) atoms. The summed E-state index contributed by atoms with van der Waals surface area (Å²) in [7, 11) is 1.39. The lowest BCUT2D eigenvalue weighted by atomic mass is 10.5. The van der Waals surface area contributed by atoms with Crippen LogP contribution in [0.15, 0.2) is 11.9 Å². The summed E-state index contributed by atoms with van der Waals surface area (Å²) in [5, 5.41) is 2.24. The van der Waals surface area contributed by atoms with Crippen LogP contribution in [0.1, 0.15) is 0 Å². The summed E-state index contributed by atoms with van der Waals surface area (Å²) in [6.45, 7) is 0. The summed E-state index contributed by atoms with van der Waals surface area (Å²) < 4.78 is 23.0. The van der Waals surface area contributed by atoms with E-state index in [-0.39, 0.29) is 5.70 Å². The van der Waals surface area contributed by atoms with Gasteiger partial charge >= 0.3 is 0 Å². The van der Waals surface area contributed by atoms with Crippen LogP contribution in [0.4, 0.5) is 8.78 Å². The van der Waals surface area contributed by atoms with Gasteiger partial charge in [-0.05, 0) is 0 Å². The molecule has 4 heteroatoms. The highest BCUT2D eigenvalue weighted by molar-refractivity contribution is 4.98. The average molecular weight is 122 g/mol. The molecule has 0 aliphatic rings. The molecule has 0 unspecified atom stereocenters. The minimum absolute atomic E-state index is 0.245. The summed E-state index contributed by atoms with van der Waals surface area (Å²) in [6.07, 6.45) is -1.64. The van der Waals surface area contributed by atoms with Crippen LogP contribution in [0.3, 0.4) is 0 Å². The lowest BCUT2D eigenvalue weighted by Crippen LogP contribution is -2.14. The molecule has 0 aliphatic heterocycles. The van der Waals surface area contributed by atoms with Crippen LogP contribution in [-0.4, -0.2) is 13.5 Å². The number of rotatable bonds is 2. The molecular formula is C4H8F2N2. The van der Waals surface area contributed by atoms with Crippen LogP contribution in [0.2, 0.25) is 0 Å². The van der Waals surface area contributed by atoms with Crippen molar-refractivity contribution in [3.05, 3.63) is 11.9 Å². The van der Waals surface area contributed by atoms with E-state index in [1.807, 2.05) is 0 Å². The van der Waals surface area contributed by atoms with Crippen LogP contribution < -0.4 is 11.1 Å². The van der Waals surface area contributed by atoms with Crippen LogP contribution in [0.5, 0.6) is 0 Å². The Hall–Kier alpha value is -0.800. The molecule has 0 bridgehead atoms.